The van der Waals surface area contributed by atoms with Crippen molar-refractivity contribution in [3.05, 3.63) is 46.0 Å². The largest absolute Gasteiger partial charge is 0.338 e. The Hall–Kier alpha value is -2.17. The van der Waals surface area contributed by atoms with Gasteiger partial charge in [0.15, 0.2) is 0 Å². The first-order valence-electron chi connectivity index (χ1n) is 6.33. The number of carbonyl (C=O) groups is 1. The summed E-state index contributed by atoms with van der Waals surface area (Å²) in [4.78, 5) is 24.6. The Morgan fingerprint density at radius 3 is 2.58 bits per heavy atom. The molecule has 0 spiro atoms. The molecule has 1 fully saturated rings. The summed E-state index contributed by atoms with van der Waals surface area (Å²) in [5.41, 5.74) is 0.660. The van der Waals surface area contributed by atoms with Crippen molar-refractivity contribution >= 4 is 17.7 Å². The van der Waals surface area contributed by atoms with Gasteiger partial charge in [0.05, 0.1) is 4.92 Å². The second-order valence-corrected chi connectivity index (χ2v) is 4.59. The summed E-state index contributed by atoms with van der Waals surface area (Å²) in [6.45, 7) is 4.94. The fourth-order valence-corrected chi connectivity index (χ4v) is 2.27. The first-order chi connectivity index (χ1) is 9.13. The van der Waals surface area contributed by atoms with Gasteiger partial charge in [0, 0.05) is 19.2 Å². The molecule has 1 aromatic rings. The first-order valence-corrected chi connectivity index (χ1v) is 6.33. The number of nitro benzene ring substituents is 1. The van der Waals surface area contributed by atoms with Gasteiger partial charge in [-0.1, -0.05) is 18.7 Å². The first kappa shape index (κ1) is 13.3. The van der Waals surface area contributed by atoms with E-state index in [0.717, 1.165) is 19.3 Å². The molecule has 1 heterocycles. The van der Waals surface area contributed by atoms with Crippen molar-refractivity contribution in [1.29, 1.82) is 0 Å². The van der Waals surface area contributed by atoms with Crippen molar-refractivity contribution in [3.8, 4) is 0 Å². The lowest BCUT2D eigenvalue weighted by molar-refractivity contribution is -0.385. The van der Waals surface area contributed by atoms with Gasteiger partial charge in [-0.25, -0.2) is 0 Å². The highest BCUT2D eigenvalue weighted by Gasteiger charge is 2.25. The van der Waals surface area contributed by atoms with E-state index >= 15 is 0 Å². The van der Waals surface area contributed by atoms with E-state index in [4.69, 9.17) is 0 Å². The highest BCUT2D eigenvalue weighted by Crippen LogP contribution is 2.24. The average Bonchev–Trinajstić information content (AvgIpc) is 2.46. The van der Waals surface area contributed by atoms with Crippen LogP contribution in [0.5, 0.6) is 0 Å². The van der Waals surface area contributed by atoms with Crippen molar-refractivity contribution in [2.24, 2.45) is 0 Å². The topological polar surface area (TPSA) is 63.5 Å². The van der Waals surface area contributed by atoms with Crippen LogP contribution in [0.1, 0.15) is 35.2 Å². The summed E-state index contributed by atoms with van der Waals surface area (Å²) in [5.74, 6) is -0.248. The summed E-state index contributed by atoms with van der Waals surface area (Å²) >= 11 is 0. The smallest absolute Gasteiger partial charge is 0.282 e. The zero-order valence-corrected chi connectivity index (χ0v) is 10.7. The normalized spacial score (nSPS) is 15.1. The van der Waals surface area contributed by atoms with Crippen LogP contribution < -0.4 is 0 Å². The van der Waals surface area contributed by atoms with Crippen LogP contribution >= 0.6 is 0 Å². The van der Waals surface area contributed by atoms with Crippen LogP contribution in [0.2, 0.25) is 0 Å². The molecule has 0 aromatic heterocycles. The molecule has 0 saturated carbocycles. The van der Waals surface area contributed by atoms with Gasteiger partial charge in [0.2, 0.25) is 0 Å². The van der Waals surface area contributed by atoms with E-state index in [-0.39, 0.29) is 17.2 Å². The standard InChI is InChI=1S/C14H16N2O3/c1-2-11-6-7-12(13(10-11)16(18)19)14(17)15-8-4-3-5-9-15/h2,6-7,10H,1,3-5,8-9H2. The Kier molecular flexibility index (Phi) is 3.94. The molecule has 1 aromatic carbocycles. The van der Waals surface area contributed by atoms with Gasteiger partial charge in [-0.05, 0) is 30.9 Å². The maximum absolute atomic E-state index is 12.3. The molecule has 0 aliphatic carbocycles. The number of hydrogen-bond donors (Lipinski definition) is 0. The quantitative estimate of drug-likeness (QED) is 0.620. The molecular weight excluding hydrogens is 244 g/mol. The van der Waals surface area contributed by atoms with Crippen LogP contribution in [0.15, 0.2) is 24.8 Å². The molecule has 1 saturated heterocycles. The predicted molar refractivity (Wildman–Crippen MR) is 72.9 cm³/mol. The third-order valence-electron chi connectivity index (χ3n) is 3.33. The average molecular weight is 260 g/mol. The SMILES string of the molecule is C=Cc1ccc(C(=O)N2CCCCC2)c([N+](=O)[O-])c1. The fraction of sp³-hybridized carbons (Fsp3) is 0.357. The molecule has 0 atom stereocenters. The summed E-state index contributed by atoms with van der Waals surface area (Å²) in [6, 6.07) is 4.59. The van der Waals surface area contributed by atoms with Gasteiger partial charge in [-0.2, -0.15) is 0 Å². The van der Waals surface area contributed by atoms with Crippen molar-refractivity contribution in [1.82, 2.24) is 4.90 Å². The van der Waals surface area contributed by atoms with Crippen LogP contribution in [-0.2, 0) is 0 Å². The number of nitro groups is 1. The van der Waals surface area contributed by atoms with E-state index in [1.165, 1.54) is 18.2 Å². The van der Waals surface area contributed by atoms with Gasteiger partial charge in [-0.3, -0.25) is 14.9 Å². The molecule has 5 heteroatoms. The minimum absolute atomic E-state index is 0.145. The van der Waals surface area contributed by atoms with Crippen LogP contribution in [-0.4, -0.2) is 28.8 Å². The van der Waals surface area contributed by atoms with E-state index in [0.29, 0.717) is 18.7 Å². The van der Waals surface area contributed by atoms with E-state index in [1.807, 2.05) is 0 Å². The van der Waals surface area contributed by atoms with Crippen molar-refractivity contribution < 1.29 is 9.72 Å². The lowest BCUT2D eigenvalue weighted by Crippen LogP contribution is -2.35. The van der Waals surface area contributed by atoms with Gasteiger partial charge in [0.1, 0.15) is 5.56 Å². The van der Waals surface area contributed by atoms with Crippen LogP contribution in [0.25, 0.3) is 6.08 Å². The van der Waals surface area contributed by atoms with Crippen molar-refractivity contribution in [2.45, 2.75) is 19.3 Å². The van der Waals surface area contributed by atoms with Crippen LogP contribution in [0.3, 0.4) is 0 Å². The summed E-state index contributed by atoms with van der Waals surface area (Å²) in [6.07, 6.45) is 4.57. The molecule has 19 heavy (non-hydrogen) atoms. The van der Waals surface area contributed by atoms with Gasteiger partial charge in [0.25, 0.3) is 11.6 Å². The number of rotatable bonds is 3. The number of benzene rings is 1. The summed E-state index contributed by atoms with van der Waals surface area (Å²) < 4.78 is 0. The Balaban J connectivity index is 2.34. The maximum atomic E-state index is 12.3. The number of amides is 1. The third-order valence-corrected chi connectivity index (χ3v) is 3.33. The maximum Gasteiger partial charge on any atom is 0.282 e. The Bertz CT molecular complexity index is 519. The lowest BCUT2D eigenvalue weighted by Gasteiger charge is -2.26. The van der Waals surface area contributed by atoms with Crippen LogP contribution in [0.4, 0.5) is 5.69 Å². The monoisotopic (exact) mass is 260 g/mol. The molecule has 1 aliphatic heterocycles. The van der Waals surface area contributed by atoms with Crippen molar-refractivity contribution in [3.63, 3.8) is 0 Å². The number of carbonyl (C=O) groups excluding carboxylic acids is 1. The molecule has 0 N–H and O–H groups in total. The van der Waals surface area contributed by atoms with Gasteiger partial charge in [-0.15, -0.1) is 0 Å². The van der Waals surface area contributed by atoms with E-state index in [2.05, 4.69) is 6.58 Å². The lowest BCUT2D eigenvalue weighted by atomic mass is 10.1. The minimum atomic E-state index is -0.510. The second-order valence-electron chi connectivity index (χ2n) is 4.59. The van der Waals surface area contributed by atoms with Crippen LogP contribution in [0, 0.1) is 10.1 Å². The Morgan fingerprint density at radius 2 is 2.00 bits per heavy atom. The Labute approximate surface area is 111 Å². The molecule has 5 nitrogen and oxygen atoms in total. The molecular formula is C14H16N2O3. The highest BCUT2D eigenvalue weighted by molar-refractivity contribution is 5.98. The van der Waals surface area contributed by atoms with Gasteiger partial charge < -0.3 is 4.90 Å². The molecule has 2 rings (SSSR count). The van der Waals surface area contributed by atoms with E-state index in [1.54, 1.807) is 11.0 Å². The Morgan fingerprint density at radius 1 is 1.32 bits per heavy atom. The fourth-order valence-electron chi connectivity index (χ4n) is 2.27. The summed E-state index contributed by atoms with van der Waals surface area (Å²) in [7, 11) is 0. The van der Waals surface area contributed by atoms with E-state index in [9.17, 15) is 14.9 Å². The molecule has 1 amide bonds. The molecule has 0 radical (unpaired) electrons. The zero-order valence-electron chi connectivity index (χ0n) is 10.7. The molecule has 0 bridgehead atoms. The molecule has 100 valence electrons. The minimum Gasteiger partial charge on any atom is -0.338 e. The van der Waals surface area contributed by atoms with E-state index < -0.39 is 4.92 Å². The number of piperidine rings is 1. The number of hydrogen-bond acceptors (Lipinski definition) is 3. The second kappa shape index (κ2) is 5.65. The predicted octanol–water partition coefficient (Wildman–Crippen LogP) is 2.86. The zero-order chi connectivity index (χ0) is 13.8. The number of likely N-dealkylation sites (tertiary alicyclic amines) is 1. The third kappa shape index (κ3) is 2.81. The summed E-state index contributed by atoms with van der Waals surface area (Å²) in [5, 5.41) is 11.1. The van der Waals surface area contributed by atoms with Crippen molar-refractivity contribution in [2.75, 3.05) is 13.1 Å². The highest BCUT2D eigenvalue weighted by atomic mass is 16.6. The molecule has 1 aliphatic rings. The number of nitrogens with zero attached hydrogens (tertiary/aromatic N) is 2. The van der Waals surface area contributed by atoms with Gasteiger partial charge >= 0.3 is 0 Å². The molecule has 0 unspecified atom stereocenters.